The van der Waals surface area contributed by atoms with Crippen molar-refractivity contribution in [2.75, 3.05) is 6.54 Å². The highest BCUT2D eigenvalue weighted by molar-refractivity contribution is 5.93. The van der Waals surface area contributed by atoms with E-state index in [1.54, 1.807) is 0 Å². The molecule has 6 N–H and O–H groups in total. The predicted molar refractivity (Wildman–Crippen MR) is 97.1 cm³/mol. The Labute approximate surface area is 154 Å². The average Bonchev–Trinajstić information content (AvgIpc) is 2.52. The second-order valence-corrected chi connectivity index (χ2v) is 7.21. The molecule has 0 saturated heterocycles. The second kappa shape index (κ2) is 11.5. The van der Waals surface area contributed by atoms with Crippen molar-refractivity contribution in [1.29, 1.82) is 0 Å². The van der Waals surface area contributed by atoms with E-state index < -0.39 is 41.8 Å². The van der Waals surface area contributed by atoms with Crippen molar-refractivity contribution in [2.24, 2.45) is 17.6 Å². The topological polar surface area (TPSA) is 151 Å². The third-order valence-corrected chi connectivity index (χ3v) is 3.61. The summed E-state index contributed by atoms with van der Waals surface area (Å²) in [5.74, 6) is -2.47. The van der Waals surface area contributed by atoms with Crippen LogP contribution in [0.3, 0.4) is 0 Å². The summed E-state index contributed by atoms with van der Waals surface area (Å²) < 4.78 is 0. The Bertz CT molecular complexity index is 507. The lowest BCUT2D eigenvalue weighted by atomic mass is 10.00. The molecular formula is C17H32N4O5. The summed E-state index contributed by atoms with van der Waals surface area (Å²) in [6.07, 6.45) is 0.724. The highest BCUT2D eigenvalue weighted by Gasteiger charge is 2.29. The van der Waals surface area contributed by atoms with Gasteiger partial charge in [-0.3, -0.25) is 19.2 Å². The third kappa shape index (κ3) is 9.36. The van der Waals surface area contributed by atoms with E-state index >= 15 is 0 Å². The van der Waals surface area contributed by atoms with Gasteiger partial charge in [0.15, 0.2) is 0 Å². The van der Waals surface area contributed by atoms with Crippen LogP contribution in [-0.4, -0.2) is 53.5 Å². The Morgan fingerprint density at radius 1 is 0.808 bits per heavy atom. The molecule has 0 saturated carbocycles. The molecule has 3 atom stereocenters. The number of hydrogen-bond acceptors (Lipinski definition) is 5. The van der Waals surface area contributed by atoms with Gasteiger partial charge in [-0.05, 0) is 31.6 Å². The Morgan fingerprint density at radius 3 is 1.62 bits per heavy atom. The summed E-state index contributed by atoms with van der Waals surface area (Å²) in [5, 5.41) is 16.5. The van der Waals surface area contributed by atoms with E-state index in [0.717, 1.165) is 0 Å². The molecule has 0 fully saturated rings. The number of carboxylic acids is 1. The van der Waals surface area contributed by atoms with E-state index in [4.69, 9.17) is 10.8 Å². The number of rotatable bonds is 11. The molecule has 0 aromatic heterocycles. The zero-order chi connectivity index (χ0) is 20.4. The number of carbonyl (C=O) groups excluding carboxylic acids is 3. The van der Waals surface area contributed by atoms with Crippen LogP contribution in [0.5, 0.6) is 0 Å². The van der Waals surface area contributed by atoms with Crippen LogP contribution < -0.4 is 21.7 Å². The summed E-state index contributed by atoms with van der Waals surface area (Å²) in [7, 11) is 0. The van der Waals surface area contributed by atoms with E-state index in [1.165, 1.54) is 6.92 Å². The molecular weight excluding hydrogens is 340 g/mol. The van der Waals surface area contributed by atoms with Crippen molar-refractivity contribution in [3.63, 3.8) is 0 Å². The van der Waals surface area contributed by atoms with Gasteiger partial charge in [-0.2, -0.15) is 0 Å². The highest BCUT2D eigenvalue weighted by Crippen LogP contribution is 2.09. The van der Waals surface area contributed by atoms with Crippen molar-refractivity contribution < 1.29 is 24.3 Å². The number of carbonyl (C=O) groups is 4. The molecule has 3 amide bonds. The van der Waals surface area contributed by atoms with Gasteiger partial charge in [0.05, 0.1) is 6.54 Å². The molecule has 0 aliphatic rings. The van der Waals surface area contributed by atoms with Crippen LogP contribution in [0.25, 0.3) is 0 Å². The molecule has 150 valence electrons. The van der Waals surface area contributed by atoms with Gasteiger partial charge in [0.1, 0.15) is 18.1 Å². The Morgan fingerprint density at radius 2 is 1.23 bits per heavy atom. The van der Waals surface area contributed by atoms with Crippen LogP contribution in [0.2, 0.25) is 0 Å². The predicted octanol–water partition coefficient (Wildman–Crippen LogP) is -0.404. The molecule has 0 aliphatic heterocycles. The summed E-state index contributed by atoms with van der Waals surface area (Å²) in [5.41, 5.74) is 5.29. The molecule has 9 heteroatoms. The average molecular weight is 372 g/mol. The molecule has 0 heterocycles. The lowest BCUT2D eigenvalue weighted by Crippen LogP contribution is -2.56. The second-order valence-electron chi connectivity index (χ2n) is 7.21. The first kappa shape index (κ1) is 23.8. The summed E-state index contributed by atoms with van der Waals surface area (Å²) in [6, 6.07) is -2.78. The fourth-order valence-electron chi connectivity index (χ4n) is 2.31. The molecule has 0 aliphatic carbocycles. The van der Waals surface area contributed by atoms with Gasteiger partial charge in [0, 0.05) is 0 Å². The zero-order valence-corrected chi connectivity index (χ0v) is 16.2. The van der Waals surface area contributed by atoms with E-state index in [1.807, 2.05) is 27.7 Å². The Balaban J connectivity index is 5.18. The van der Waals surface area contributed by atoms with Gasteiger partial charge in [-0.25, -0.2) is 0 Å². The van der Waals surface area contributed by atoms with E-state index in [9.17, 15) is 19.2 Å². The Kier molecular flexibility index (Phi) is 10.5. The van der Waals surface area contributed by atoms with Crippen LogP contribution in [0.15, 0.2) is 0 Å². The SMILES string of the molecule is CC(C)CC(NC(=O)CN)C(=O)NC(CC(C)C)C(=O)NC(C)C(=O)O. The van der Waals surface area contributed by atoms with Crippen molar-refractivity contribution in [1.82, 2.24) is 16.0 Å². The maximum Gasteiger partial charge on any atom is 0.325 e. The van der Waals surface area contributed by atoms with E-state index in [2.05, 4.69) is 16.0 Å². The van der Waals surface area contributed by atoms with Gasteiger partial charge >= 0.3 is 5.97 Å². The van der Waals surface area contributed by atoms with Gasteiger partial charge in [0.25, 0.3) is 0 Å². The maximum atomic E-state index is 12.6. The molecule has 0 radical (unpaired) electrons. The number of carboxylic acid groups (broad SMARTS) is 1. The number of nitrogens with two attached hydrogens (primary N) is 1. The van der Waals surface area contributed by atoms with Gasteiger partial charge < -0.3 is 26.8 Å². The summed E-state index contributed by atoms with van der Waals surface area (Å²) in [4.78, 5) is 47.4. The molecule has 0 bridgehead atoms. The normalized spacial score (nSPS) is 14.5. The highest BCUT2D eigenvalue weighted by atomic mass is 16.4. The molecule has 0 rings (SSSR count). The van der Waals surface area contributed by atoms with Crippen molar-refractivity contribution in [2.45, 2.75) is 65.6 Å². The first-order chi connectivity index (χ1) is 12.0. The summed E-state index contributed by atoms with van der Waals surface area (Å²) in [6.45, 7) is 8.68. The monoisotopic (exact) mass is 372 g/mol. The fourth-order valence-corrected chi connectivity index (χ4v) is 2.31. The largest absolute Gasteiger partial charge is 0.480 e. The molecule has 0 spiro atoms. The first-order valence-corrected chi connectivity index (χ1v) is 8.80. The number of aliphatic carboxylic acids is 1. The lowest BCUT2D eigenvalue weighted by molar-refractivity contribution is -0.141. The minimum atomic E-state index is -1.17. The van der Waals surface area contributed by atoms with E-state index in [-0.39, 0.29) is 18.4 Å². The third-order valence-electron chi connectivity index (χ3n) is 3.61. The molecule has 9 nitrogen and oxygen atoms in total. The summed E-state index contributed by atoms with van der Waals surface area (Å²) >= 11 is 0. The fraction of sp³-hybridized carbons (Fsp3) is 0.765. The molecule has 0 aromatic rings. The van der Waals surface area contributed by atoms with Crippen molar-refractivity contribution in [3.05, 3.63) is 0 Å². The number of nitrogens with one attached hydrogen (secondary N) is 3. The van der Waals surface area contributed by atoms with Crippen molar-refractivity contribution >= 4 is 23.7 Å². The molecule has 0 aromatic carbocycles. The van der Waals surface area contributed by atoms with Crippen LogP contribution in [0.1, 0.15) is 47.5 Å². The number of hydrogen-bond donors (Lipinski definition) is 5. The first-order valence-electron chi connectivity index (χ1n) is 8.80. The molecule has 3 unspecified atom stereocenters. The van der Waals surface area contributed by atoms with Crippen LogP contribution in [-0.2, 0) is 19.2 Å². The van der Waals surface area contributed by atoms with E-state index in [0.29, 0.717) is 12.8 Å². The molecule has 26 heavy (non-hydrogen) atoms. The zero-order valence-electron chi connectivity index (χ0n) is 16.2. The quantitative estimate of drug-likeness (QED) is 0.333. The smallest absolute Gasteiger partial charge is 0.325 e. The van der Waals surface area contributed by atoms with Crippen molar-refractivity contribution in [3.8, 4) is 0 Å². The minimum Gasteiger partial charge on any atom is -0.480 e. The standard InChI is InChI=1S/C17H32N4O5/c1-9(2)6-12(20-14(22)8-18)16(24)21-13(7-10(3)4)15(23)19-11(5)17(25)26/h9-13H,6-8,18H2,1-5H3,(H,19,23)(H,20,22)(H,21,24)(H,25,26). The minimum absolute atomic E-state index is 0.0911. The van der Waals surface area contributed by atoms with Gasteiger partial charge in [0.2, 0.25) is 17.7 Å². The van der Waals surface area contributed by atoms with Gasteiger partial charge in [-0.1, -0.05) is 27.7 Å². The lowest BCUT2D eigenvalue weighted by Gasteiger charge is -2.25. The van der Waals surface area contributed by atoms with Crippen LogP contribution in [0.4, 0.5) is 0 Å². The van der Waals surface area contributed by atoms with Gasteiger partial charge in [-0.15, -0.1) is 0 Å². The number of amides is 3. The van der Waals surface area contributed by atoms with Crippen LogP contribution >= 0.6 is 0 Å². The van der Waals surface area contributed by atoms with Crippen LogP contribution in [0, 0.1) is 11.8 Å². The maximum absolute atomic E-state index is 12.6. The Hall–Kier alpha value is -2.16.